The van der Waals surface area contributed by atoms with Crippen molar-refractivity contribution in [3.05, 3.63) is 12.3 Å². The van der Waals surface area contributed by atoms with E-state index in [2.05, 4.69) is 15.3 Å². The molecule has 0 radical (unpaired) electrons. The van der Waals surface area contributed by atoms with Crippen molar-refractivity contribution in [3.63, 3.8) is 0 Å². The number of hydrogen-bond acceptors (Lipinski definition) is 5. The minimum absolute atomic E-state index is 0.260. The van der Waals surface area contributed by atoms with Crippen molar-refractivity contribution in [2.45, 2.75) is 32.2 Å². The Balaban J connectivity index is 2.97. The smallest absolute Gasteiger partial charge is 0.329 e. The minimum Gasteiger partial charge on any atom is -0.481 e. The van der Waals surface area contributed by atoms with Crippen molar-refractivity contribution in [2.75, 3.05) is 12.4 Å². The average molecular weight is 239 g/mol. The van der Waals surface area contributed by atoms with Crippen LogP contribution in [0.25, 0.3) is 0 Å². The molecule has 0 atom stereocenters. The van der Waals surface area contributed by atoms with Crippen LogP contribution in [0.2, 0.25) is 0 Å². The van der Waals surface area contributed by atoms with E-state index in [9.17, 15) is 9.90 Å². The number of ether oxygens (including phenoxy) is 1. The Hall–Kier alpha value is -1.85. The fourth-order valence-corrected chi connectivity index (χ4v) is 1.51. The van der Waals surface area contributed by atoms with Gasteiger partial charge in [-0.2, -0.15) is 4.98 Å². The van der Waals surface area contributed by atoms with Gasteiger partial charge in [0.15, 0.2) is 0 Å². The molecule has 0 amide bonds. The first-order chi connectivity index (χ1) is 8.07. The molecule has 0 aliphatic carbocycles. The molecule has 94 valence electrons. The Bertz CT molecular complexity index is 391. The van der Waals surface area contributed by atoms with Gasteiger partial charge < -0.3 is 15.2 Å². The topological polar surface area (TPSA) is 84.3 Å². The lowest BCUT2D eigenvalue weighted by molar-refractivity contribution is -0.142. The van der Waals surface area contributed by atoms with E-state index in [-0.39, 0.29) is 5.95 Å². The van der Waals surface area contributed by atoms with Crippen LogP contribution in [0.15, 0.2) is 12.3 Å². The molecule has 1 rings (SSSR count). The van der Waals surface area contributed by atoms with E-state index in [0.717, 1.165) is 0 Å². The normalized spacial score (nSPS) is 11.0. The minimum atomic E-state index is -1.04. The lowest BCUT2D eigenvalue weighted by Crippen LogP contribution is -2.45. The highest BCUT2D eigenvalue weighted by atomic mass is 16.5. The molecule has 1 heterocycles. The summed E-state index contributed by atoms with van der Waals surface area (Å²) in [6.07, 6.45) is 2.41. The SMILES string of the molecule is CCC(CC)(Nc1nccc(OC)n1)C(=O)O. The Morgan fingerprint density at radius 3 is 2.65 bits per heavy atom. The Labute approximate surface area is 100 Å². The third-order valence-electron chi connectivity index (χ3n) is 2.81. The molecule has 1 aromatic heterocycles. The third-order valence-corrected chi connectivity index (χ3v) is 2.81. The number of nitrogens with one attached hydrogen (secondary N) is 1. The van der Waals surface area contributed by atoms with Crippen LogP contribution in [0, 0.1) is 0 Å². The molecule has 0 unspecified atom stereocenters. The van der Waals surface area contributed by atoms with Crippen LogP contribution >= 0.6 is 0 Å². The van der Waals surface area contributed by atoms with E-state index in [1.54, 1.807) is 6.07 Å². The summed E-state index contributed by atoms with van der Waals surface area (Å²) in [4.78, 5) is 19.3. The Morgan fingerprint density at radius 2 is 2.18 bits per heavy atom. The maximum atomic E-state index is 11.3. The zero-order chi connectivity index (χ0) is 12.9. The highest BCUT2D eigenvalue weighted by molar-refractivity contribution is 5.81. The van der Waals surface area contributed by atoms with Crippen molar-refractivity contribution >= 4 is 11.9 Å². The fourth-order valence-electron chi connectivity index (χ4n) is 1.51. The number of carbonyl (C=O) groups is 1. The van der Waals surface area contributed by atoms with E-state index >= 15 is 0 Å². The molecule has 17 heavy (non-hydrogen) atoms. The van der Waals surface area contributed by atoms with Gasteiger partial charge in [0.2, 0.25) is 11.8 Å². The molecule has 6 nitrogen and oxygen atoms in total. The number of methoxy groups -OCH3 is 1. The second-order valence-corrected chi connectivity index (χ2v) is 3.64. The van der Waals surface area contributed by atoms with Crippen LogP contribution in [0.1, 0.15) is 26.7 Å². The highest BCUT2D eigenvalue weighted by Crippen LogP contribution is 2.21. The van der Waals surface area contributed by atoms with Gasteiger partial charge >= 0.3 is 5.97 Å². The second-order valence-electron chi connectivity index (χ2n) is 3.64. The van der Waals surface area contributed by atoms with Crippen LogP contribution in [-0.4, -0.2) is 33.7 Å². The molecule has 0 fully saturated rings. The molecular weight excluding hydrogens is 222 g/mol. The monoisotopic (exact) mass is 239 g/mol. The van der Waals surface area contributed by atoms with Gasteiger partial charge in [-0.05, 0) is 12.8 Å². The number of aromatic nitrogens is 2. The maximum absolute atomic E-state index is 11.3. The van der Waals surface area contributed by atoms with Gasteiger partial charge in [-0.25, -0.2) is 9.78 Å². The van der Waals surface area contributed by atoms with Crippen LogP contribution in [-0.2, 0) is 4.79 Å². The predicted octanol–water partition coefficient (Wildman–Crippen LogP) is 1.54. The molecule has 1 aromatic rings. The maximum Gasteiger partial charge on any atom is 0.329 e. The number of carboxylic acids is 1. The van der Waals surface area contributed by atoms with E-state index in [0.29, 0.717) is 18.7 Å². The number of aliphatic carboxylic acids is 1. The third kappa shape index (κ3) is 2.83. The van der Waals surface area contributed by atoms with E-state index < -0.39 is 11.5 Å². The summed E-state index contributed by atoms with van der Waals surface area (Å²) in [7, 11) is 1.50. The standard InChI is InChI=1S/C11H17N3O3/c1-4-11(5-2,9(15)16)14-10-12-7-6-8(13-10)17-3/h6-7H,4-5H2,1-3H3,(H,15,16)(H,12,13,14). The van der Waals surface area contributed by atoms with Gasteiger partial charge in [0.05, 0.1) is 7.11 Å². The summed E-state index contributed by atoms with van der Waals surface area (Å²) in [6.45, 7) is 3.62. The zero-order valence-corrected chi connectivity index (χ0v) is 10.2. The fraction of sp³-hybridized carbons (Fsp3) is 0.545. The average Bonchev–Trinajstić information content (AvgIpc) is 2.36. The lowest BCUT2D eigenvalue weighted by atomic mass is 9.93. The number of hydrogen-bond donors (Lipinski definition) is 2. The Morgan fingerprint density at radius 1 is 1.53 bits per heavy atom. The molecule has 0 saturated carbocycles. The molecule has 0 spiro atoms. The summed E-state index contributed by atoms with van der Waals surface area (Å²) in [5.74, 6) is -0.252. The quantitative estimate of drug-likeness (QED) is 0.783. The molecule has 0 aliphatic heterocycles. The lowest BCUT2D eigenvalue weighted by Gasteiger charge is -2.27. The number of rotatable bonds is 6. The van der Waals surface area contributed by atoms with Crippen molar-refractivity contribution in [1.29, 1.82) is 0 Å². The van der Waals surface area contributed by atoms with Crippen LogP contribution in [0.4, 0.5) is 5.95 Å². The molecule has 2 N–H and O–H groups in total. The second kappa shape index (κ2) is 5.47. The predicted molar refractivity (Wildman–Crippen MR) is 63.2 cm³/mol. The van der Waals surface area contributed by atoms with Gasteiger partial charge in [0.25, 0.3) is 0 Å². The molecule has 0 aliphatic rings. The molecule has 6 heteroatoms. The van der Waals surface area contributed by atoms with Gasteiger partial charge in [-0.1, -0.05) is 13.8 Å². The van der Waals surface area contributed by atoms with Gasteiger partial charge in [0, 0.05) is 12.3 Å². The van der Waals surface area contributed by atoms with Crippen LogP contribution in [0.3, 0.4) is 0 Å². The summed E-state index contributed by atoms with van der Waals surface area (Å²) in [6, 6.07) is 1.60. The molecule has 0 aromatic carbocycles. The van der Waals surface area contributed by atoms with Gasteiger partial charge in [-0.15, -0.1) is 0 Å². The van der Waals surface area contributed by atoms with Crippen LogP contribution in [0.5, 0.6) is 5.88 Å². The van der Waals surface area contributed by atoms with Gasteiger partial charge in [-0.3, -0.25) is 0 Å². The van der Waals surface area contributed by atoms with E-state index in [1.807, 2.05) is 13.8 Å². The highest BCUT2D eigenvalue weighted by Gasteiger charge is 2.35. The zero-order valence-electron chi connectivity index (χ0n) is 10.2. The van der Waals surface area contributed by atoms with E-state index in [4.69, 9.17) is 4.74 Å². The molecular formula is C11H17N3O3. The van der Waals surface area contributed by atoms with Crippen molar-refractivity contribution < 1.29 is 14.6 Å². The van der Waals surface area contributed by atoms with Crippen molar-refractivity contribution in [3.8, 4) is 5.88 Å². The molecule has 0 saturated heterocycles. The summed E-state index contributed by atoms with van der Waals surface area (Å²) in [5.41, 5.74) is -1.04. The summed E-state index contributed by atoms with van der Waals surface area (Å²) in [5, 5.41) is 12.1. The van der Waals surface area contributed by atoms with Crippen LogP contribution < -0.4 is 10.1 Å². The number of nitrogens with zero attached hydrogens (tertiary/aromatic N) is 2. The van der Waals surface area contributed by atoms with Crippen molar-refractivity contribution in [2.24, 2.45) is 0 Å². The summed E-state index contributed by atoms with van der Waals surface area (Å²) < 4.78 is 4.96. The Kier molecular flexibility index (Phi) is 4.25. The first-order valence-corrected chi connectivity index (χ1v) is 5.46. The first kappa shape index (κ1) is 13.2. The molecule has 0 bridgehead atoms. The first-order valence-electron chi connectivity index (χ1n) is 5.46. The summed E-state index contributed by atoms with van der Waals surface area (Å²) >= 11 is 0. The van der Waals surface area contributed by atoms with E-state index in [1.165, 1.54) is 13.3 Å². The number of carboxylic acid groups (broad SMARTS) is 1. The van der Waals surface area contributed by atoms with Gasteiger partial charge in [0.1, 0.15) is 5.54 Å². The largest absolute Gasteiger partial charge is 0.481 e. The van der Waals surface area contributed by atoms with Crippen molar-refractivity contribution in [1.82, 2.24) is 9.97 Å². The number of anilines is 1.